The minimum Gasteiger partial charge on any atom is -0.350 e. The number of nitrogens with zero attached hydrogens (tertiary/aromatic N) is 3. The zero-order valence-corrected chi connectivity index (χ0v) is 17.4. The Hall–Kier alpha value is -1.99. The molecule has 2 heterocycles. The Bertz CT molecular complexity index is 985. The minimum atomic E-state index is -0.772. The lowest BCUT2D eigenvalue weighted by Gasteiger charge is -2.41. The molecule has 0 saturated carbocycles. The molecule has 138 valence electrons. The van der Waals surface area contributed by atoms with Gasteiger partial charge in [0.1, 0.15) is 4.93 Å². The van der Waals surface area contributed by atoms with Crippen LogP contribution in [0.2, 0.25) is 0 Å². The molecule has 4 nitrogen and oxygen atoms in total. The molecule has 0 spiro atoms. The van der Waals surface area contributed by atoms with Crippen molar-refractivity contribution in [3.63, 3.8) is 0 Å². The molecular formula is C21H21N3OS2. The molecule has 1 aromatic carbocycles. The number of fused-ring (bicyclic) bond motifs is 1. The van der Waals surface area contributed by atoms with Gasteiger partial charge in [-0.1, -0.05) is 47.8 Å². The summed E-state index contributed by atoms with van der Waals surface area (Å²) < 4.78 is 5.99. The van der Waals surface area contributed by atoms with Crippen molar-refractivity contribution >= 4 is 34.4 Å². The van der Waals surface area contributed by atoms with Crippen molar-refractivity contribution in [2.24, 2.45) is 0 Å². The lowest BCUT2D eigenvalue weighted by molar-refractivity contribution is -0.0624. The number of hydrogen-bond donors (Lipinski definition) is 0. The number of allylic oxidation sites excluding steroid dienone is 1. The first-order chi connectivity index (χ1) is 12.7. The van der Waals surface area contributed by atoms with E-state index in [1.165, 1.54) is 17.8 Å². The van der Waals surface area contributed by atoms with Gasteiger partial charge in [-0.25, -0.2) is 4.98 Å². The second-order valence-corrected chi connectivity index (χ2v) is 10.3. The summed E-state index contributed by atoms with van der Waals surface area (Å²) in [5.41, 5.74) is 0.337. The van der Waals surface area contributed by atoms with Crippen LogP contribution < -0.4 is 0 Å². The largest absolute Gasteiger partial charge is 0.350 e. The number of aromatic nitrogens is 1. The van der Waals surface area contributed by atoms with Crippen LogP contribution in [-0.2, 0) is 4.74 Å². The molecule has 1 unspecified atom stereocenters. The van der Waals surface area contributed by atoms with Crippen molar-refractivity contribution in [3.8, 4) is 12.1 Å². The molecule has 6 heteroatoms. The van der Waals surface area contributed by atoms with Gasteiger partial charge in [-0.2, -0.15) is 10.5 Å². The average Bonchev–Trinajstić information content (AvgIpc) is 2.87. The SMILES string of the molecule is CC1(C)OC(CC#N)(C(C)(C)Sc2ccc3ccccc3n2)S/C1=C/C#N. The molecule has 0 radical (unpaired) electrons. The van der Waals surface area contributed by atoms with Gasteiger partial charge in [0, 0.05) is 16.4 Å². The molecule has 0 amide bonds. The van der Waals surface area contributed by atoms with Gasteiger partial charge in [-0.05, 0) is 39.8 Å². The molecule has 1 aliphatic heterocycles. The highest BCUT2D eigenvalue weighted by atomic mass is 32.2. The Labute approximate surface area is 168 Å². The van der Waals surface area contributed by atoms with Gasteiger partial charge in [0.25, 0.3) is 0 Å². The standard InChI is InChI=1S/C21H21N3OS2/c1-19(2)17(11-13-22)26-21(25-19,12-14-23)20(3,4)27-18-10-9-15-7-5-6-8-16(15)24-18/h5-11H,12H2,1-4H3/b17-11+. The number of thioether (sulfide) groups is 2. The second kappa shape index (κ2) is 7.20. The number of nitriles is 2. The first-order valence-electron chi connectivity index (χ1n) is 8.64. The Kier molecular flexibility index (Phi) is 5.27. The third-order valence-electron chi connectivity index (χ3n) is 4.65. The Morgan fingerprint density at radius 3 is 2.67 bits per heavy atom. The maximum Gasteiger partial charge on any atom is 0.146 e. The molecule has 1 aromatic heterocycles. The van der Waals surface area contributed by atoms with E-state index in [9.17, 15) is 5.26 Å². The van der Waals surface area contributed by atoms with E-state index in [0.29, 0.717) is 0 Å². The fourth-order valence-corrected chi connectivity index (χ4v) is 5.83. The summed E-state index contributed by atoms with van der Waals surface area (Å²) in [6.07, 6.45) is 1.75. The number of ether oxygens (including phenoxy) is 1. The summed E-state index contributed by atoms with van der Waals surface area (Å²) in [4.78, 5) is 4.84. The van der Waals surface area contributed by atoms with Crippen molar-refractivity contribution < 1.29 is 4.74 Å². The first kappa shape index (κ1) is 19.8. The number of hydrogen-bond acceptors (Lipinski definition) is 6. The van der Waals surface area contributed by atoms with E-state index in [4.69, 9.17) is 15.0 Å². The van der Waals surface area contributed by atoms with Gasteiger partial charge in [-0.3, -0.25) is 0 Å². The van der Waals surface area contributed by atoms with Crippen molar-refractivity contribution in [3.05, 3.63) is 47.4 Å². The van der Waals surface area contributed by atoms with Gasteiger partial charge in [-0.15, -0.1) is 0 Å². The summed E-state index contributed by atoms with van der Waals surface area (Å²) in [5, 5.41) is 20.6. The van der Waals surface area contributed by atoms with Gasteiger partial charge in [0.2, 0.25) is 0 Å². The predicted molar refractivity (Wildman–Crippen MR) is 111 cm³/mol. The van der Waals surface area contributed by atoms with Crippen LogP contribution in [0.15, 0.2) is 52.4 Å². The summed E-state index contributed by atoms with van der Waals surface area (Å²) in [7, 11) is 0. The smallest absolute Gasteiger partial charge is 0.146 e. The number of benzene rings is 1. The summed E-state index contributed by atoms with van der Waals surface area (Å²) >= 11 is 3.09. The fraction of sp³-hybridized carbons (Fsp3) is 0.381. The monoisotopic (exact) mass is 395 g/mol. The maximum atomic E-state index is 9.50. The summed E-state index contributed by atoms with van der Waals surface area (Å²) in [6, 6.07) is 16.5. The Morgan fingerprint density at radius 2 is 1.96 bits per heavy atom. The van der Waals surface area contributed by atoms with Gasteiger partial charge in [0.15, 0.2) is 0 Å². The third kappa shape index (κ3) is 3.71. The zero-order chi connectivity index (χ0) is 19.7. The van der Waals surface area contributed by atoms with E-state index in [2.05, 4.69) is 32.1 Å². The molecular weight excluding hydrogens is 374 g/mol. The first-order valence-corrected chi connectivity index (χ1v) is 10.3. The third-order valence-corrected chi connectivity index (χ3v) is 7.95. The highest BCUT2D eigenvalue weighted by Crippen LogP contribution is 2.60. The predicted octanol–water partition coefficient (Wildman–Crippen LogP) is 5.66. The fourth-order valence-electron chi connectivity index (χ4n) is 3.12. The topological polar surface area (TPSA) is 69.7 Å². The number of rotatable bonds is 4. The lowest BCUT2D eigenvalue weighted by Crippen LogP contribution is -2.46. The lowest BCUT2D eigenvalue weighted by atomic mass is 10.0. The molecule has 1 aliphatic rings. The molecule has 0 bridgehead atoms. The van der Waals surface area contributed by atoms with Crippen LogP contribution in [0.1, 0.15) is 34.1 Å². The number of para-hydroxylation sites is 1. The quantitative estimate of drug-likeness (QED) is 0.491. The van der Waals surface area contributed by atoms with Crippen LogP contribution in [0.25, 0.3) is 10.9 Å². The van der Waals surface area contributed by atoms with Crippen molar-refractivity contribution in [1.29, 1.82) is 10.5 Å². The normalized spacial score (nSPS) is 23.3. The Morgan fingerprint density at radius 1 is 1.22 bits per heavy atom. The van der Waals surface area contributed by atoms with Crippen LogP contribution in [0.4, 0.5) is 0 Å². The van der Waals surface area contributed by atoms with E-state index in [1.54, 1.807) is 11.8 Å². The second-order valence-electron chi connectivity index (χ2n) is 7.39. The van der Waals surface area contributed by atoms with Crippen LogP contribution in [0, 0.1) is 22.7 Å². The van der Waals surface area contributed by atoms with E-state index in [-0.39, 0.29) is 6.42 Å². The summed E-state index contributed by atoms with van der Waals surface area (Å²) in [6.45, 7) is 8.03. The molecule has 1 atom stereocenters. The molecule has 1 fully saturated rings. The average molecular weight is 396 g/mol. The minimum absolute atomic E-state index is 0.220. The van der Waals surface area contributed by atoms with Crippen molar-refractivity contribution in [2.75, 3.05) is 0 Å². The van der Waals surface area contributed by atoms with Gasteiger partial charge in [0.05, 0.1) is 39.4 Å². The van der Waals surface area contributed by atoms with Gasteiger partial charge >= 0.3 is 0 Å². The van der Waals surface area contributed by atoms with E-state index < -0.39 is 15.3 Å². The van der Waals surface area contributed by atoms with Crippen molar-refractivity contribution in [1.82, 2.24) is 4.98 Å². The van der Waals surface area contributed by atoms with Crippen LogP contribution >= 0.6 is 23.5 Å². The van der Waals surface area contributed by atoms with E-state index in [1.807, 2.05) is 44.2 Å². The molecule has 2 aromatic rings. The van der Waals surface area contributed by atoms with Crippen molar-refractivity contribution in [2.45, 2.75) is 54.4 Å². The maximum absolute atomic E-state index is 9.50. The summed E-state index contributed by atoms with van der Waals surface area (Å²) in [5.74, 6) is 0. The van der Waals surface area contributed by atoms with Crippen LogP contribution in [0.3, 0.4) is 0 Å². The van der Waals surface area contributed by atoms with Crippen LogP contribution in [0.5, 0.6) is 0 Å². The van der Waals surface area contributed by atoms with E-state index >= 15 is 0 Å². The molecule has 0 aliphatic carbocycles. The highest BCUT2D eigenvalue weighted by molar-refractivity contribution is 8.07. The Balaban J connectivity index is 1.98. The highest BCUT2D eigenvalue weighted by Gasteiger charge is 2.57. The molecule has 27 heavy (non-hydrogen) atoms. The molecule has 0 N–H and O–H groups in total. The molecule has 3 rings (SSSR count). The zero-order valence-electron chi connectivity index (χ0n) is 15.8. The van der Waals surface area contributed by atoms with E-state index in [0.717, 1.165) is 20.8 Å². The van der Waals surface area contributed by atoms with Gasteiger partial charge < -0.3 is 4.74 Å². The van der Waals surface area contributed by atoms with Crippen LogP contribution in [-0.4, -0.2) is 20.3 Å². The molecule has 1 saturated heterocycles. The number of pyridine rings is 1.